The molecule has 1 saturated carbocycles. The summed E-state index contributed by atoms with van der Waals surface area (Å²) in [6, 6.07) is 10.7. The molecule has 1 aliphatic rings. The molecule has 2 nitrogen and oxygen atoms in total. The molecule has 0 amide bonds. The van der Waals surface area contributed by atoms with Crippen LogP contribution in [0.1, 0.15) is 17.9 Å². The van der Waals surface area contributed by atoms with Crippen molar-refractivity contribution in [2.45, 2.75) is 12.3 Å². The maximum Gasteiger partial charge on any atom is 0.0736 e. The van der Waals surface area contributed by atoms with E-state index in [4.69, 9.17) is 0 Å². The molecular weight excluding hydrogens is 196 g/mol. The Kier molecular flexibility index (Phi) is 2.37. The minimum atomic E-state index is 0.714. The second kappa shape index (κ2) is 3.87. The third kappa shape index (κ3) is 1.59. The zero-order chi connectivity index (χ0) is 11.0. The van der Waals surface area contributed by atoms with Crippen molar-refractivity contribution < 1.29 is 0 Å². The van der Waals surface area contributed by atoms with Gasteiger partial charge in [-0.3, -0.25) is 4.98 Å². The van der Waals surface area contributed by atoms with Gasteiger partial charge in [-0.1, -0.05) is 24.3 Å². The molecule has 1 fully saturated rings. The minimum absolute atomic E-state index is 0.714. The molecule has 1 aromatic carbocycles. The van der Waals surface area contributed by atoms with Gasteiger partial charge in [-0.15, -0.1) is 0 Å². The maximum atomic E-state index is 4.52. The van der Waals surface area contributed by atoms with Crippen molar-refractivity contribution in [2.24, 2.45) is 5.92 Å². The molecule has 2 aromatic rings. The van der Waals surface area contributed by atoms with E-state index in [1.807, 2.05) is 19.3 Å². The van der Waals surface area contributed by atoms with Crippen molar-refractivity contribution in [3.8, 4) is 0 Å². The third-order valence-electron chi connectivity index (χ3n) is 3.45. The highest BCUT2D eigenvalue weighted by molar-refractivity contribution is 5.82. The Morgan fingerprint density at radius 2 is 2.19 bits per heavy atom. The predicted octanol–water partition coefficient (Wildman–Crippen LogP) is 2.56. The van der Waals surface area contributed by atoms with Gasteiger partial charge in [0.2, 0.25) is 0 Å². The van der Waals surface area contributed by atoms with Gasteiger partial charge in [-0.2, -0.15) is 0 Å². The fourth-order valence-electron chi connectivity index (χ4n) is 2.54. The lowest BCUT2D eigenvalue weighted by molar-refractivity contribution is 0.699. The Labute approximate surface area is 95.7 Å². The first kappa shape index (κ1) is 9.79. The Balaban J connectivity index is 1.99. The van der Waals surface area contributed by atoms with Crippen LogP contribution in [0, 0.1) is 5.92 Å². The van der Waals surface area contributed by atoms with Crippen molar-refractivity contribution in [2.75, 3.05) is 13.6 Å². The van der Waals surface area contributed by atoms with Gasteiger partial charge in [-0.25, -0.2) is 0 Å². The summed E-state index contributed by atoms with van der Waals surface area (Å²) in [5, 5.41) is 4.52. The van der Waals surface area contributed by atoms with Crippen molar-refractivity contribution in [3.63, 3.8) is 0 Å². The molecule has 0 saturated heterocycles. The maximum absolute atomic E-state index is 4.52. The fourth-order valence-corrected chi connectivity index (χ4v) is 2.54. The Morgan fingerprint density at radius 3 is 3.06 bits per heavy atom. The molecule has 0 radical (unpaired) electrons. The minimum Gasteiger partial charge on any atom is -0.319 e. The van der Waals surface area contributed by atoms with Crippen LogP contribution >= 0.6 is 0 Å². The van der Waals surface area contributed by atoms with Crippen LogP contribution in [0.15, 0.2) is 36.5 Å². The zero-order valence-electron chi connectivity index (χ0n) is 9.48. The van der Waals surface area contributed by atoms with E-state index in [0.717, 1.165) is 12.5 Å². The molecule has 0 aliphatic heterocycles. The molecule has 1 heterocycles. The van der Waals surface area contributed by atoms with E-state index >= 15 is 0 Å². The molecule has 0 spiro atoms. The van der Waals surface area contributed by atoms with E-state index in [-0.39, 0.29) is 0 Å². The van der Waals surface area contributed by atoms with Crippen molar-refractivity contribution in [3.05, 3.63) is 42.1 Å². The average molecular weight is 212 g/mol. The first-order valence-electron chi connectivity index (χ1n) is 5.88. The lowest BCUT2D eigenvalue weighted by atomic mass is 10.0. The lowest BCUT2D eigenvalue weighted by Crippen LogP contribution is -2.10. The normalized spacial score (nSPS) is 23.6. The quantitative estimate of drug-likeness (QED) is 0.845. The number of benzene rings is 1. The van der Waals surface area contributed by atoms with Crippen LogP contribution < -0.4 is 5.32 Å². The number of pyridine rings is 1. The molecule has 2 heteroatoms. The topological polar surface area (TPSA) is 24.9 Å². The van der Waals surface area contributed by atoms with E-state index in [1.165, 1.54) is 22.9 Å². The SMILES string of the molecule is CNCC1CC1c1cccc2cccnc12. The molecule has 16 heavy (non-hydrogen) atoms. The number of nitrogens with zero attached hydrogens (tertiary/aromatic N) is 1. The van der Waals surface area contributed by atoms with Crippen molar-refractivity contribution in [1.82, 2.24) is 10.3 Å². The van der Waals surface area contributed by atoms with Crippen molar-refractivity contribution in [1.29, 1.82) is 0 Å². The van der Waals surface area contributed by atoms with Gasteiger partial charge in [-0.05, 0) is 43.5 Å². The highest BCUT2D eigenvalue weighted by Gasteiger charge is 2.38. The number of hydrogen-bond acceptors (Lipinski definition) is 2. The van der Waals surface area contributed by atoms with E-state index < -0.39 is 0 Å². The number of aromatic nitrogens is 1. The van der Waals surface area contributed by atoms with Crippen LogP contribution in [0.3, 0.4) is 0 Å². The molecule has 2 unspecified atom stereocenters. The summed E-state index contributed by atoms with van der Waals surface area (Å²) in [6.07, 6.45) is 3.19. The van der Waals surface area contributed by atoms with Gasteiger partial charge in [0, 0.05) is 11.6 Å². The van der Waals surface area contributed by atoms with E-state index in [1.54, 1.807) is 0 Å². The van der Waals surface area contributed by atoms with Crippen LogP contribution in [0.2, 0.25) is 0 Å². The molecule has 82 valence electrons. The number of fused-ring (bicyclic) bond motifs is 1. The molecule has 1 aromatic heterocycles. The summed E-state index contributed by atoms with van der Waals surface area (Å²) in [5.41, 5.74) is 2.62. The summed E-state index contributed by atoms with van der Waals surface area (Å²) >= 11 is 0. The molecule has 3 rings (SSSR count). The molecule has 2 atom stereocenters. The number of hydrogen-bond donors (Lipinski definition) is 1. The summed E-state index contributed by atoms with van der Waals surface area (Å²) in [5.74, 6) is 1.52. The fraction of sp³-hybridized carbons (Fsp3) is 0.357. The largest absolute Gasteiger partial charge is 0.319 e. The Hall–Kier alpha value is -1.41. The summed E-state index contributed by atoms with van der Waals surface area (Å²) < 4.78 is 0. The number of para-hydroxylation sites is 1. The zero-order valence-corrected chi connectivity index (χ0v) is 9.48. The van der Waals surface area contributed by atoms with Gasteiger partial charge in [0.25, 0.3) is 0 Å². The standard InChI is InChI=1S/C14H16N2/c1-15-9-11-8-13(11)12-6-2-4-10-5-3-7-16-14(10)12/h2-7,11,13,15H,8-9H2,1H3. The highest BCUT2D eigenvalue weighted by atomic mass is 14.8. The van der Waals surface area contributed by atoms with Crippen LogP contribution in [0.4, 0.5) is 0 Å². The monoisotopic (exact) mass is 212 g/mol. The van der Waals surface area contributed by atoms with E-state index in [2.05, 4.69) is 34.6 Å². The summed E-state index contributed by atoms with van der Waals surface area (Å²) in [7, 11) is 2.02. The molecular formula is C14H16N2. The first-order chi connectivity index (χ1) is 7.90. The van der Waals surface area contributed by atoms with E-state index in [0.29, 0.717) is 5.92 Å². The first-order valence-corrected chi connectivity index (χ1v) is 5.88. The molecule has 1 N–H and O–H groups in total. The van der Waals surface area contributed by atoms with Gasteiger partial charge < -0.3 is 5.32 Å². The van der Waals surface area contributed by atoms with E-state index in [9.17, 15) is 0 Å². The second-order valence-corrected chi connectivity index (χ2v) is 4.58. The molecule has 0 bridgehead atoms. The number of rotatable bonds is 3. The van der Waals surface area contributed by atoms with Gasteiger partial charge >= 0.3 is 0 Å². The van der Waals surface area contributed by atoms with Crippen LogP contribution in [0.5, 0.6) is 0 Å². The van der Waals surface area contributed by atoms with Crippen LogP contribution in [0.25, 0.3) is 10.9 Å². The smallest absolute Gasteiger partial charge is 0.0736 e. The lowest BCUT2D eigenvalue weighted by Gasteiger charge is -2.04. The van der Waals surface area contributed by atoms with Crippen LogP contribution in [-0.4, -0.2) is 18.6 Å². The second-order valence-electron chi connectivity index (χ2n) is 4.58. The predicted molar refractivity (Wildman–Crippen MR) is 66.5 cm³/mol. The van der Waals surface area contributed by atoms with Crippen LogP contribution in [-0.2, 0) is 0 Å². The van der Waals surface area contributed by atoms with Crippen molar-refractivity contribution >= 4 is 10.9 Å². The Bertz CT molecular complexity index is 502. The Morgan fingerprint density at radius 1 is 1.31 bits per heavy atom. The number of nitrogens with one attached hydrogen (secondary N) is 1. The highest BCUT2D eigenvalue weighted by Crippen LogP contribution is 2.48. The third-order valence-corrected chi connectivity index (χ3v) is 3.45. The van der Waals surface area contributed by atoms with Gasteiger partial charge in [0.05, 0.1) is 5.52 Å². The van der Waals surface area contributed by atoms with Gasteiger partial charge in [0.1, 0.15) is 0 Å². The summed E-state index contributed by atoms with van der Waals surface area (Å²) in [6.45, 7) is 1.12. The summed E-state index contributed by atoms with van der Waals surface area (Å²) in [4.78, 5) is 4.52. The van der Waals surface area contributed by atoms with Gasteiger partial charge in [0.15, 0.2) is 0 Å². The average Bonchev–Trinajstić information content (AvgIpc) is 3.08. The molecule has 1 aliphatic carbocycles.